The van der Waals surface area contributed by atoms with E-state index in [9.17, 15) is 13.6 Å². The Morgan fingerprint density at radius 1 is 1.16 bits per heavy atom. The van der Waals surface area contributed by atoms with Crippen molar-refractivity contribution in [2.24, 2.45) is 0 Å². The van der Waals surface area contributed by atoms with Crippen LogP contribution in [0.25, 0.3) is 0 Å². The summed E-state index contributed by atoms with van der Waals surface area (Å²) in [7, 11) is 0. The van der Waals surface area contributed by atoms with Gasteiger partial charge in [-0.25, -0.2) is 8.78 Å². The smallest absolute Gasteiger partial charge is 0.257 e. The number of carbonyl (C=O) groups is 1. The van der Waals surface area contributed by atoms with Gasteiger partial charge in [-0.1, -0.05) is 0 Å². The van der Waals surface area contributed by atoms with E-state index in [1.54, 1.807) is 4.90 Å². The van der Waals surface area contributed by atoms with E-state index in [2.05, 4.69) is 10.6 Å². The van der Waals surface area contributed by atoms with E-state index < -0.39 is 11.6 Å². The predicted molar refractivity (Wildman–Crippen MR) is 89.7 cm³/mol. The average molecular weight is 348 g/mol. The van der Waals surface area contributed by atoms with Crippen molar-refractivity contribution in [2.45, 2.75) is 43.9 Å². The number of fused-ring (bicyclic) bond motifs is 3. The molecule has 4 saturated heterocycles. The molecule has 4 fully saturated rings. The first kappa shape index (κ1) is 15.5. The zero-order chi connectivity index (χ0) is 17.1. The molecule has 134 valence electrons. The summed E-state index contributed by atoms with van der Waals surface area (Å²) in [5.41, 5.74) is 1.05. The monoisotopic (exact) mass is 348 g/mol. The number of piperazine rings is 1. The number of halogens is 2. The minimum Gasteiger partial charge on any atom is -0.366 e. The first-order valence-corrected chi connectivity index (χ1v) is 9.15. The van der Waals surface area contributed by atoms with Gasteiger partial charge in [0, 0.05) is 55.9 Å². The molecule has 0 aromatic heterocycles. The minimum absolute atomic E-state index is 0.0559. The Labute approximate surface area is 145 Å². The Morgan fingerprint density at radius 2 is 1.92 bits per heavy atom. The normalized spacial score (nSPS) is 31.1. The number of anilines is 1. The third kappa shape index (κ3) is 2.36. The molecular weight excluding hydrogens is 326 g/mol. The molecule has 0 spiro atoms. The summed E-state index contributed by atoms with van der Waals surface area (Å²) < 4.78 is 29.1. The number of benzene rings is 1. The average Bonchev–Trinajstić information content (AvgIpc) is 2.93. The van der Waals surface area contributed by atoms with Gasteiger partial charge in [0.2, 0.25) is 0 Å². The Bertz CT molecular complexity index is 718. The Kier molecular flexibility index (Phi) is 3.50. The summed E-state index contributed by atoms with van der Waals surface area (Å²) in [6, 6.07) is 1.69. The van der Waals surface area contributed by atoms with Crippen molar-refractivity contribution < 1.29 is 13.6 Å². The highest BCUT2D eigenvalue weighted by Gasteiger charge is 2.42. The largest absolute Gasteiger partial charge is 0.366 e. The number of amides is 1. The van der Waals surface area contributed by atoms with Gasteiger partial charge < -0.3 is 20.4 Å². The Balaban J connectivity index is 1.52. The summed E-state index contributed by atoms with van der Waals surface area (Å²) >= 11 is 0. The second-order valence-corrected chi connectivity index (χ2v) is 7.68. The van der Waals surface area contributed by atoms with Crippen molar-refractivity contribution in [1.82, 2.24) is 15.5 Å². The summed E-state index contributed by atoms with van der Waals surface area (Å²) in [6.45, 7) is 3.40. The molecule has 5 aliphatic heterocycles. The van der Waals surface area contributed by atoms with E-state index in [4.69, 9.17) is 0 Å². The summed E-state index contributed by atoms with van der Waals surface area (Å²) in [6.07, 6.45) is 3.01. The molecule has 1 amide bonds. The third-order valence-electron chi connectivity index (χ3n) is 6.06. The molecule has 25 heavy (non-hydrogen) atoms. The molecule has 1 aromatic carbocycles. The van der Waals surface area contributed by atoms with Crippen molar-refractivity contribution in [3.8, 4) is 0 Å². The maximum absolute atomic E-state index is 14.7. The fraction of sp³-hybridized carbons (Fsp3) is 0.611. The van der Waals surface area contributed by atoms with Crippen LogP contribution in [0.2, 0.25) is 0 Å². The number of nitrogens with zero attached hydrogens (tertiary/aromatic N) is 2. The van der Waals surface area contributed by atoms with Crippen LogP contribution in [0.3, 0.4) is 0 Å². The van der Waals surface area contributed by atoms with Crippen LogP contribution in [0, 0.1) is 11.6 Å². The van der Waals surface area contributed by atoms with Crippen LogP contribution in [0.15, 0.2) is 6.07 Å². The van der Waals surface area contributed by atoms with Gasteiger partial charge in [0.25, 0.3) is 5.91 Å². The molecule has 5 nitrogen and oxygen atoms in total. The van der Waals surface area contributed by atoms with Gasteiger partial charge in [0.15, 0.2) is 0 Å². The molecule has 3 unspecified atom stereocenters. The highest BCUT2D eigenvalue weighted by molar-refractivity contribution is 6.00. The van der Waals surface area contributed by atoms with Gasteiger partial charge >= 0.3 is 0 Å². The second kappa shape index (κ2) is 5.64. The lowest BCUT2D eigenvalue weighted by atomic mass is 9.90. The first-order chi connectivity index (χ1) is 12.1. The molecule has 2 N–H and O–H groups in total. The Morgan fingerprint density at radius 3 is 2.60 bits per heavy atom. The molecule has 0 saturated carbocycles. The first-order valence-electron chi connectivity index (χ1n) is 9.15. The van der Waals surface area contributed by atoms with Crippen molar-refractivity contribution in [3.05, 3.63) is 28.8 Å². The number of nitrogens with one attached hydrogen (secondary N) is 2. The van der Waals surface area contributed by atoms with Gasteiger partial charge in [-0.3, -0.25) is 4.79 Å². The number of carbonyl (C=O) groups excluding carboxylic acids is 1. The number of hydrogen-bond acceptors (Lipinski definition) is 4. The van der Waals surface area contributed by atoms with Crippen molar-refractivity contribution in [1.29, 1.82) is 0 Å². The molecule has 2 bridgehead atoms. The standard InChI is InChI=1S/C18H22F2N4O/c19-14-5-15(20)17(23-7-10-4-11(8-23)22-10)13-9-24(18(25)16(13)14)12-2-1-3-21-6-12/h5,10-12,21-22H,1-4,6-9H2. The maximum Gasteiger partial charge on any atom is 0.257 e. The fourth-order valence-electron chi connectivity index (χ4n) is 4.86. The third-order valence-corrected chi connectivity index (χ3v) is 6.06. The van der Waals surface area contributed by atoms with Gasteiger partial charge in [0.1, 0.15) is 11.6 Å². The van der Waals surface area contributed by atoms with E-state index in [1.165, 1.54) is 0 Å². The molecule has 7 heteroatoms. The summed E-state index contributed by atoms with van der Waals surface area (Å²) in [4.78, 5) is 16.6. The SMILES string of the molecule is O=C1c2c(F)cc(F)c(N3CC4CC(C3)N4)c2CN1C1CCCNC1. The maximum atomic E-state index is 14.7. The second-order valence-electron chi connectivity index (χ2n) is 7.68. The lowest BCUT2D eigenvalue weighted by Gasteiger charge is -2.49. The van der Waals surface area contributed by atoms with E-state index >= 15 is 0 Å². The molecule has 5 aliphatic rings. The minimum atomic E-state index is -0.729. The molecule has 3 atom stereocenters. The van der Waals surface area contributed by atoms with Gasteiger partial charge in [-0.2, -0.15) is 0 Å². The quantitative estimate of drug-likeness (QED) is 0.844. The summed E-state index contributed by atoms with van der Waals surface area (Å²) in [5, 5.41) is 6.72. The van der Waals surface area contributed by atoms with E-state index in [0.717, 1.165) is 38.4 Å². The molecular formula is C18H22F2N4O. The van der Waals surface area contributed by atoms with Crippen LogP contribution in [0.4, 0.5) is 14.5 Å². The zero-order valence-electron chi connectivity index (χ0n) is 14.0. The Hall–Kier alpha value is -1.73. The lowest BCUT2D eigenvalue weighted by Crippen LogP contribution is -2.67. The van der Waals surface area contributed by atoms with Crippen LogP contribution in [0.5, 0.6) is 0 Å². The topological polar surface area (TPSA) is 47.6 Å². The van der Waals surface area contributed by atoms with Crippen LogP contribution in [-0.4, -0.2) is 55.1 Å². The lowest BCUT2D eigenvalue weighted by molar-refractivity contribution is 0.0671. The van der Waals surface area contributed by atoms with E-state index in [0.29, 0.717) is 43.0 Å². The highest BCUT2D eigenvalue weighted by Crippen LogP contribution is 2.39. The van der Waals surface area contributed by atoms with Crippen LogP contribution in [0.1, 0.15) is 35.2 Å². The zero-order valence-corrected chi connectivity index (χ0v) is 14.0. The van der Waals surface area contributed by atoms with Crippen molar-refractivity contribution in [3.63, 3.8) is 0 Å². The molecule has 1 aromatic rings. The molecule has 0 radical (unpaired) electrons. The highest BCUT2D eigenvalue weighted by atomic mass is 19.1. The molecule has 5 heterocycles. The van der Waals surface area contributed by atoms with Crippen molar-refractivity contribution >= 4 is 11.6 Å². The summed E-state index contributed by atoms with van der Waals surface area (Å²) in [5.74, 6) is -1.57. The van der Waals surface area contributed by atoms with Crippen LogP contribution >= 0.6 is 0 Å². The fourth-order valence-corrected chi connectivity index (χ4v) is 4.86. The number of piperidine rings is 2. The van der Waals surface area contributed by atoms with Crippen molar-refractivity contribution in [2.75, 3.05) is 31.1 Å². The van der Waals surface area contributed by atoms with Gasteiger partial charge in [-0.05, 0) is 25.8 Å². The predicted octanol–water partition coefficient (Wildman–Crippen LogP) is 1.22. The van der Waals surface area contributed by atoms with Crippen LogP contribution < -0.4 is 15.5 Å². The number of rotatable bonds is 2. The number of hydrogen-bond donors (Lipinski definition) is 2. The molecule has 0 aliphatic carbocycles. The van der Waals surface area contributed by atoms with Gasteiger partial charge in [0.05, 0.1) is 11.3 Å². The van der Waals surface area contributed by atoms with Crippen LogP contribution in [-0.2, 0) is 6.54 Å². The van der Waals surface area contributed by atoms with Gasteiger partial charge in [-0.15, -0.1) is 0 Å². The van der Waals surface area contributed by atoms with E-state index in [1.807, 2.05) is 4.90 Å². The molecule has 6 rings (SSSR count). The van der Waals surface area contributed by atoms with E-state index in [-0.39, 0.29) is 17.5 Å².